The van der Waals surface area contributed by atoms with Gasteiger partial charge in [-0.25, -0.2) is 0 Å². The van der Waals surface area contributed by atoms with Crippen LogP contribution in [0.2, 0.25) is 0 Å². The number of carbonyl (C=O) groups is 1. The van der Waals surface area contributed by atoms with E-state index in [1.165, 1.54) is 24.3 Å². The fourth-order valence-electron chi connectivity index (χ4n) is 3.03. The average Bonchev–Trinajstić information content (AvgIpc) is 3.24. The van der Waals surface area contributed by atoms with Gasteiger partial charge in [-0.05, 0) is 47.0 Å². The van der Waals surface area contributed by atoms with Gasteiger partial charge in [0, 0.05) is 6.42 Å². The zero-order valence-corrected chi connectivity index (χ0v) is 14.5. The number of fused-ring (bicyclic) bond motifs is 1. The lowest BCUT2D eigenvalue weighted by Crippen LogP contribution is -2.30. The zero-order chi connectivity index (χ0) is 19.7. The topological polar surface area (TPSA) is 73.6 Å². The molecule has 0 aliphatic carbocycles. The number of aromatic nitrogens is 1. The molecule has 0 bridgehead atoms. The minimum Gasteiger partial charge on any atom is -0.473 e. The van der Waals surface area contributed by atoms with Crippen LogP contribution in [0.5, 0.6) is 11.6 Å². The third-order valence-electron chi connectivity index (χ3n) is 4.36. The lowest BCUT2D eigenvalue weighted by atomic mass is 10.0. The molecule has 0 saturated carbocycles. The van der Waals surface area contributed by atoms with Crippen molar-refractivity contribution in [3.63, 3.8) is 0 Å². The molecule has 6 nitrogen and oxygen atoms in total. The second-order valence-electron chi connectivity index (χ2n) is 6.38. The molecule has 0 unspecified atom stereocenters. The third-order valence-corrected chi connectivity index (χ3v) is 4.36. The van der Waals surface area contributed by atoms with Crippen LogP contribution in [-0.4, -0.2) is 30.1 Å². The maximum absolute atomic E-state index is 12.3. The van der Waals surface area contributed by atoms with E-state index in [1.807, 2.05) is 0 Å². The fourth-order valence-corrected chi connectivity index (χ4v) is 3.03. The Hall–Kier alpha value is -3.23. The highest BCUT2D eigenvalue weighted by molar-refractivity contribution is 5.87. The maximum atomic E-state index is 12.3. The van der Waals surface area contributed by atoms with Crippen LogP contribution in [0.3, 0.4) is 0 Å². The lowest BCUT2D eigenvalue weighted by Gasteiger charge is -2.10. The van der Waals surface area contributed by atoms with E-state index in [9.17, 15) is 18.0 Å². The van der Waals surface area contributed by atoms with Crippen molar-refractivity contribution >= 4 is 16.9 Å². The molecule has 1 atom stereocenters. The standard InChI is InChI=1S/C19H15F3N2O4/c20-19(21,22)27-14-5-1-11(2-6-14)12-3-7-16-15(9-12)18(24-28-16)26-10-13-4-8-17(25)23-13/h1-3,5-7,9,13H,4,8,10H2,(H,23,25)/t13-/m1/s1. The molecule has 146 valence electrons. The second kappa shape index (κ2) is 7.06. The molecule has 2 aromatic carbocycles. The van der Waals surface area contributed by atoms with E-state index in [2.05, 4.69) is 15.2 Å². The molecule has 1 N–H and O–H groups in total. The Balaban J connectivity index is 1.53. The third kappa shape index (κ3) is 4.03. The van der Waals surface area contributed by atoms with E-state index in [0.29, 0.717) is 35.3 Å². The molecule has 1 aromatic heterocycles. The molecular weight excluding hydrogens is 377 g/mol. The molecule has 4 rings (SSSR count). The van der Waals surface area contributed by atoms with Crippen molar-refractivity contribution in [1.29, 1.82) is 0 Å². The number of hydrogen-bond donors (Lipinski definition) is 1. The highest BCUT2D eigenvalue weighted by atomic mass is 19.4. The molecular formula is C19H15F3N2O4. The van der Waals surface area contributed by atoms with E-state index < -0.39 is 6.36 Å². The van der Waals surface area contributed by atoms with Crippen LogP contribution in [0.15, 0.2) is 47.0 Å². The lowest BCUT2D eigenvalue weighted by molar-refractivity contribution is -0.274. The van der Waals surface area contributed by atoms with Crippen LogP contribution in [0, 0.1) is 0 Å². The summed E-state index contributed by atoms with van der Waals surface area (Å²) in [7, 11) is 0. The summed E-state index contributed by atoms with van der Waals surface area (Å²) >= 11 is 0. The summed E-state index contributed by atoms with van der Waals surface area (Å²) in [4.78, 5) is 11.3. The summed E-state index contributed by atoms with van der Waals surface area (Å²) in [6.07, 6.45) is -3.55. The molecule has 1 aliphatic heterocycles. The number of nitrogens with zero attached hydrogens (tertiary/aromatic N) is 1. The minimum absolute atomic E-state index is 0.00107. The highest BCUT2D eigenvalue weighted by Crippen LogP contribution is 2.32. The van der Waals surface area contributed by atoms with Crippen LogP contribution in [-0.2, 0) is 4.79 Å². The average molecular weight is 392 g/mol. The second-order valence-corrected chi connectivity index (χ2v) is 6.38. The first-order valence-electron chi connectivity index (χ1n) is 8.55. The summed E-state index contributed by atoms with van der Waals surface area (Å²) in [5, 5.41) is 7.35. The number of amides is 1. The molecule has 2 heterocycles. The summed E-state index contributed by atoms with van der Waals surface area (Å²) in [6, 6.07) is 10.8. The Morgan fingerprint density at radius 3 is 2.57 bits per heavy atom. The first-order chi connectivity index (χ1) is 13.4. The number of ether oxygens (including phenoxy) is 2. The van der Waals surface area contributed by atoms with E-state index in [4.69, 9.17) is 9.26 Å². The predicted molar refractivity (Wildman–Crippen MR) is 92.8 cm³/mol. The fraction of sp³-hybridized carbons (Fsp3) is 0.263. The van der Waals surface area contributed by atoms with Crippen LogP contribution >= 0.6 is 0 Å². The van der Waals surface area contributed by atoms with Crippen molar-refractivity contribution in [2.75, 3.05) is 6.61 Å². The summed E-state index contributed by atoms with van der Waals surface area (Å²) < 4.78 is 51.7. The summed E-state index contributed by atoms with van der Waals surface area (Å²) in [6.45, 7) is 0.279. The van der Waals surface area contributed by atoms with Crippen LogP contribution in [0.25, 0.3) is 22.1 Å². The molecule has 0 spiro atoms. The number of carbonyl (C=O) groups excluding carboxylic acids is 1. The monoisotopic (exact) mass is 392 g/mol. The van der Waals surface area contributed by atoms with Gasteiger partial charge < -0.3 is 19.3 Å². The number of alkyl halides is 3. The Morgan fingerprint density at radius 1 is 1.14 bits per heavy atom. The molecule has 1 aliphatic rings. The van der Waals surface area contributed by atoms with E-state index in [-0.39, 0.29) is 24.3 Å². The molecule has 0 radical (unpaired) electrons. The van der Waals surface area contributed by atoms with E-state index in [0.717, 1.165) is 5.56 Å². The van der Waals surface area contributed by atoms with E-state index in [1.54, 1.807) is 18.2 Å². The first kappa shape index (κ1) is 18.1. The molecule has 28 heavy (non-hydrogen) atoms. The minimum atomic E-state index is -4.73. The molecule has 1 fully saturated rings. The van der Waals surface area contributed by atoms with Gasteiger partial charge in [-0.3, -0.25) is 4.79 Å². The van der Waals surface area contributed by atoms with Crippen molar-refractivity contribution < 1.29 is 32.0 Å². The van der Waals surface area contributed by atoms with Gasteiger partial charge in [0.05, 0.1) is 11.4 Å². The van der Waals surface area contributed by atoms with E-state index >= 15 is 0 Å². The van der Waals surface area contributed by atoms with Crippen molar-refractivity contribution in [3.05, 3.63) is 42.5 Å². The molecule has 1 amide bonds. The largest absolute Gasteiger partial charge is 0.573 e. The predicted octanol–water partition coefficient (Wildman–Crippen LogP) is 4.05. The quantitative estimate of drug-likeness (QED) is 0.709. The summed E-state index contributed by atoms with van der Waals surface area (Å²) in [5.41, 5.74) is 1.98. The van der Waals surface area contributed by atoms with Gasteiger partial charge in [-0.15, -0.1) is 13.2 Å². The van der Waals surface area contributed by atoms with Gasteiger partial charge in [0.2, 0.25) is 5.91 Å². The van der Waals surface area contributed by atoms with Crippen molar-refractivity contribution in [2.24, 2.45) is 0 Å². The normalized spacial score (nSPS) is 17.0. The number of hydrogen-bond acceptors (Lipinski definition) is 5. The van der Waals surface area contributed by atoms with Crippen molar-refractivity contribution in [1.82, 2.24) is 10.5 Å². The SMILES string of the molecule is O=C1CC[C@H](COc2noc3ccc(-c4ccc(OC(F)(F)F)cc4)cc23)N1. The molecule has 1 saturated heterocycles. The van der Waals surface area contributed by atoms with Crippen molar-refractivity contribution in [2.45, 2.75) is 25.2 Å². The summed E-state index contributed by atoms with van der Waals surface area (Å²) in [5.74, 6) is 0.0128. The number of benzene rings is 2. The van der Waals surface area contributed by atoms with Crippen LogP contribution in [0.4, 0.5) is 13.2 Å². The van der Waals surface area contributed by atoms with Gasteiger partial charge >= 0.3 is 6.36 Å². The van der Waals surface area contributed by atoms with Gasteiger partial charge in [0.1, 0.15) is 12.4 Å². The van der Waals surface area contributed by atoms with Gasteiger partial charge in [-0.2, -0.15) is 0 Å². The van der Waals surface area contributed by atoms with Crippen LogP contribution in [0.1, 0.15) is 12.8 Å². The Labute approximate surface area is 157 Å². The highest BCUT2D eigenvalue weighted by Gasteiger charge is 2.31. The Kier molecular flexibility index (Phi) is 4.58. The van der Waals surface area contributed by atoms with Gasteiger partial charge in [0.15, 0.2) is 5.58 Å². The molecule has 3 aromatic rings. The number of nitrogens with one attached hydrogen (secondary N) is 1. The van der Waals surface area contributed by atoms with Gasteiger partial charge in [-0.1, -0.05) is 18.2 Å². The number of rotatable bonds is 5. The Morgan fingerprint density at radius 2 is 1.89 bits per heavy atom. The van der Waals surface area contributed by atoms with Crippen LogP contribution < -0.4 is 14.8 Å². The maximum Gasteiger partial charge on any atom is 0.573 e. The first-order valence-corrected chi connectivity index (χ1v) is 8.55. The zero-order valence-electron chi connectivity index (χ0n) is 14.5. The number of halogens is 3. The molecule has 9 heteroatoms. The van der Waals surface area contributed by atoms with Gasteiger partial charge in [0.25, 0.3) is 5.88 Å². The Bertz CT molecular complexity index is 999. The smallest absolute Gasteiger partial charge is 0.473 e. The van der Waals surface area contributed by atoms with Crippen molar-refractivity contribution in [3.8, 4) is 22.8 Å².